The lowest BCUT2D eigenvalue weighted by Crippen LogP contribution is -2.54. The first-order valence-electron chi connectivity index (χ1n) is 12.5. The fourth-order valence-corrected chi connectivity index (χ4v) is 4.19. The molecule has 3 aromatic rings. The van der Waals surface area contributed by atoms with Crippen LogP contribution in [0.25, 0.3) is 0 Å². The number of nitrogens with zero attached hydrogens (tertiary/aromatic N) is 2. The van der Waals surface area contributed by atoms with E-state index in [4.69, 9.17) is 9.73 Å². The van der Waals surface area contributed by atoms with E-state index in [1.165, 1.54) is 4.90 Å². The van der Waals surface area contributed by atoms with Crippen molar-refractivity contribution >= 4 is 29.3 Å². The molecule has 1 aliphatic heterocycles. The zero-order valence-electron chi connectivity index (χ0n) is 22.0. The van der Waals surface area contributed by atoms with Crippen molar-refractivity contribution in [3.8, 4) is 0 Å². The van der Waals surface area contributed by atoms with E-state index < -0.39 is 35.7 Å². The fraction of sp³-hybridized carbons (Fsp3) is 0.267. The van der Waals surface area contributed by atoms with Gasteiger partial charge < -0.3 is 20.3 Å². The van der Waals surface area contributed by atoms with Crippen molar-refractivity contribution in [3.63, 3.8) is 0 Å². The number of hydrogen-bond donors (Lipinski definition) is 2. The number of aliphatic imine (C=N–C) groups is 1. The lowest BCUT2D eigenvalue weighted by Gasteiger charge is -2.25. The highest BCUT2D eigenvalue weighted by atomic mass is 16.6. The van der Waals surface area contributed by atoms with Gasteiger partial charge in [0.05, 0.1) is 11.4 Å². The van der Waals surface area contributed by atoms with Gasteiger partial charge in [0.1, 0.15) is 11.6 Å². The molecule has 1 unspecified atom stereocenters. The number of alkyl carbamates (subject to hydrolysis) is 1. The standard InChI is InChI=1S/C30H32N4O4/c1-30(2,3)38-29(37)31-23(19-20-13-7-5-8-14-20)27(35)33-26-28(36)34(4)24-18-12-11-17-22(24)25(32-26)21-15-9-6-10-16-21/h5-18,23,26H,19H2,1-4H3,(H,31,37)(H,33,35)/t23-,26?/m1/s1. The highest BCUT2D eigenvalue weighted by Crippen LogP contribution is 2.27. The molecule has 0 saturated heterocycles. The minimum atomic E-state index is -1.20. The smallest absolute Gasteiger partial charge is 0.408 e. The predicted molar refractivity (Wildman–Crippen MR) is 147 cm³/mol. The molecule has 4 rings (SSSR count). The number of carbonyl (C=O) groups excluding carboxylic acids is 3. The van der Waals surface area contributed by atoms with Crippen LogP contribution in [-0.4, -0.2) is 48.5 Å². The number of anilines is 1. The average molecular weight is 513 g/mol. The highest BCUT2D eigenvalue weighted by molar-refractivity contribution is 6.20. The average Bonchev–Trinajstić information content (AvgIpc) is 2.99. The zero-order valence-corrected chi connectivity index (χ0v) is 22.0. The van der Waals surface area contributed by atoms with Gasteiger partial charge in [-0.05, 0) is 32.4 Å². The van der Waals surface area contributed by atoms with Gasteiger partial charge in [0, 0.05) is 24.6 Å². The molecular formula is C30H32N4O4. The maximum absolute atomic E-state index is 13.6. The first-order valence-corrected chi connectivity index (χ1v) is 12.5. The number of hydrogen-bond acceptors (Lipinski definition) is 5. The topological polar surface area (TPSA) is 100 Å². The second-order valence-corrected chi connectivity index (χ2v) is 10.1. The van der Waals surface area contributed by atoms with Crippen LogP contribution in [-0.2, 0) is 20.7 Å². The van der Waals surface area contributed by atoms with Crippen molar-refractivity contribution in [3.05, 3.63) is 102 Å². The van der Waals surface area contributed by atoms with E-state index in [9.17, 15) is 14.4 Å². The molecule has 8 heteroatoms. The number of carbonyl (C=O) groups is 3. The monoisotopic (exact) mass is 512 g/mol. The van der Waals surface area contributed by atoms with Gasteiger partial charge in [0.15, 0.2) is 0 Å². The minimum absolute atomic E-state index is 0.206. The van der Waals surface area contributed by atoms with Gasteiger partial charge in [0.2, 0.25) is 12.1 Å². The number of likely N-dealkylation sites (N-methyl/N-ethyl adjacent to an activating group) is 1. The Balaban J connectivity index is 1.66. The number of ether oxygens (including phenoxy) is 1. The molecule has 1 aliphatic rings. The summed E-state index contributed by atoms with van der Waals surface area (Å²) in [5, 5.41) is 5.44. The Morgan fingerprint density at radius 3 is 2.21 bits per heavy atom. The summed E-state index contributed by atoms with van der Waals surface area (Å²) in [7, 11) is 1.66. The molecule has 3 amide bonds. The van der Waals surface area contributed by atoms with Crippen molar-refractivity contribution in [2.45, 2.75) is 45.0 Å². The van der Waals surface area contributed by atoms with Crippen LogP contribution >= 0.6 is 0 Å². The van der Waals surface area contributed by atoms with E-state index >= 15 is 0 Å². The number of para-hydroxylation sites is 1. The van der Waals surface area contributed by atoms with Crippen molar-refractivity contribution in [1.29, 1.82) is 0 Å². The van der Waals surface area contributed by atoms with Crippen LogP contribution in [0.2, 0.25) is 0 Å². The molecule has 0 fully saturated rings. The summed E-state index contributed by atoms with van der Waals surface area (Å²) in [5.74, 6) is -0.943. The third kappa shape index (κ3) is 6.45. The molecule has 196 valence electrons. The van der Waals surface area contributed by atoms with E-state index in [1.54, 1.807) is 27.8 Å². The van der Waals surface area contributed by atoms with Crippen molar-refractivity contribution in [2.24, 2.45) is 4.99 Å². The lowest BCUT2D eigenvalue weighted by molar-refractivity contribution is -0.128. The van der Waals surface area contributed by atoms with Gasteiger partial charge in [-0.25, -0.2) is 9.79 Å². The lowest BCUT2D eigenvalue weighted by atomic mass is 10.0. The summed E-state index contributed by atoms with van der Waals surface area (Å²) in [6.45, 7) is 5.24. The van der Waals surface area contributed by atoms with Crippen LogP contribution in [0, 0.1) is 0 Å². The molecule has 2 atom stereocenters. The Morgan fingerprint density at radius 2 is 1.55 bits per heavy atom. The maximum atomic E-state index is 13.6. The van der Waals surface area contributed by atoms with E-state index in [-0.39, 0.29) is 6.42 Å². The number of nitrogens with one attached hydrogen (secondary N) is 2. The molecule has 38 heavy (non-hydrogen) atoms. The van der Waals surface area contributed by atoms with Gasteiger partial charge in [-0.3, -0.25) is 9.59 Å². The molecule has 0 aliphatic carbocycles. The SMILES string of the molecule is CN1C(=O)C(NC(=O)[C@@H](Cc2ccccc2)NC(=O)OC(C)(C)C)N=C(c2ccccc2)c2ccccc21. The van der Waals surface area contributed by atoms with Crippen LogP contribution < -0.4 is 15.5 Å². The second kappa shape index (κ2) is 11.3. The molecule has 0 bridgehead atoms. The summed E-state index contributed by atoms with van der Waals surface area (Å²) in [5.41, 5.74) is 2.97. The Labute approximate surface area is 222 Å². The number of rotatable bonds is 6. The first kappa shape index (κ1) is 26.6. The summed E-state index contributed by atoms with van der Waals surface area (Å²) < 4.78 is 5.39. The number of fused-ring (bicyclic) bond motifs is 1. The fourth-order valence-electron chi connectivity index (χ4n) is 4.19. The van der Waals surface area contributed by atoms with Crippen LogP contribution in [0.4, 0.5) is 10.5 Å². The van der Waals surface area contributed by atoms with Crippen molar-refractivity contribution < 1.29 is 19.1 Å². The Kier molecular flexibility index (Phi) is 7.90. The van der Waals surface area contributed by atoms with Crippen LogP contribution in [0.1, 0.15) is 37.5 Å². The first-order chi connectivity index (χ1) is 18.1. The van der Waals surface area contributed by atoms with Crippen LogP contribution in [0.15, 0.2) is 89.9 Å². The van der Waals surface area contributed by atoms with Gasteiger partial charge in [0.25, 0.3) is 5.91 Å². The second-order valence-electron chi connectivity index (χ2n) is 10.1. The summed E-state index contributed by atoms with van der Waals surface area (Å²) in [4.78, 5) is 45.9. The molecule has 0 spiro atoms. The summed E-state index contributed by atoms with van der Waals surface area (Å²) in [6.07, 6.45) is -1.72. The summed E-state index contributed by atoms with van der Waals surface area (Å²) >= 11 is 0. The zero-order chi connectivity index (χ0) is 27.3. The Hall–Kier alpha value is -4.46. The van der Waals surface area contributed by atoms with Gasteiger partial charge >= 0.3 is 6.09 Å². The molecule has 0 aromatic heterocycles. The third-order valence-corrected chi connectivity index (χ3v) is 5.96. The molecule has 8 nitrogen and oxygen atoms in total. The summed E-state index contributed by atoms with van der Waals surface area (Å²) in [6, 6.07) is 25.3. The molecular weight excluding hydrogens is 480 g/mol. The number of benzene rings is 3. The molecule has 0 radical (unpaired) electrons. The molecule has 0 saturated carbocycles. The Morgan fingerprint density at radius 1 is 0.947 bits per heavy atom. The number of benzodiazepines with no additional fused rings is 1. The van der Waals surface area contributed by atoms with Crippen molar-refractivity contribution in [2.75, 3.05) is 11.9 Å². The van der Waals surface area contributed by atoms with E-state index in [1.807, 2.05) is 84.9 Å². The molecule has 1 heterocycles. The third-order valence-electron chi connectivity index (χ3n) is 5.96. The van der Waals surface area contributed by atoms with Gasteiger partial charge in [-0.15, -0.1) is 0 Å². The van der Waals surface area contributed by atoms with Gasteiger partial charge in [-0.2, -0.15) is 0 Å². The highest BCUT2D eigenvalue weighted by Gasteiger charge is 2.33. The van der Waals surface area contributed by atoms with Gasteiger partial charge in [-0.1, -0.05) is 78.9 Å². The Bertz CT molecular complexity index is 1330. The number of amides is 3. The van der Waals surface area contributed by atoms with Crippen LogP contribution in [0.3, 0.4) is 0 Å². The normalized spacial score (nSPS) is 16.0. The molecule has 2 N–H and O–H groups in total. The largest absolute Gasteiger partial charge is 0.444 e. The van der Waals surface area contributed by atoms with E-state index in [2.05, 4.69) is 10.6 Å². The van der Waals surface area contributed by atoms with E-state index in [0.29, 0.717) is 11.4 Å². The quantitative estimate of drug-likeness (QED) is 0.520. The minimum Gasteiger partial charge on any atom is -0.444 e. The molecule has 3 aromatic carbocycles. The van der Waals surface area contributed by atoms with Crippen molar-refractivity contribution in [1.82, 2.24) is 10.6 Å². The van der Waals surface area contributed by atoms with Crippen LogP contribution in [0.5, 0.6) is 0 Å². The van der Waals surface area contributed by atoms with E-state index in [0.717, 1.165) is 16.7 Å². The predicted octanol–water partition coefficient (Wildman–Crippen LogP) is 4.08. The maximum Gasteiger partial charge on any atom is 0.408 e.